The summed E-state index contributed by atoms with van der Waals surface area (Å²) in [5, 5.41) is 8.82. The maximum atomic E-state index is 11.8. The van der Waals surface area contributed by atoms with Gasteiger partial charge < -0.3 is 14.3 Å². The van der Waals surface area contributed by atoms with Crippen LogP contribution >= 0.6 is 0 Å². The van der Waals surface area contributed by atoms with Crippen molar-refractivity contribution in [1.29, 1.82) is 0 Å². The fourth-order valence-electron chi connectivity index (χ4n) is 1.69. The number of carbonyl (C=O) groups excluding carboxylic acids is 1. The molecule has 5 nitrogen and oxygen atoms in total. The van der Waals surface area contributed by atoms with Gasteiger partial charge in [0, 0.05) is 5.56 Å². The lowest BCUT2D eigenvalue weighted by molar-refractivity contribution is 0.0504. The number of benzene rings is 1. The Morgan fingerprint density at radius 3 is 2.70 bits per heavy atom. The quantitative estimate of drug-likeness (QED) is 0.847. The van der Waals surface area contributed by atoms with Crippen LogP contribution in [0.25, 0.3) is 11.3 Å². The third-order valence-corrected chi connectivity index (χ3v) is 2.64. The molecule has 0 unspecified atom stereocenters. The zero-order valence-electron chi connectivity index (χ0n) is 11.0. The zero-order chi connectivity index (χ0) is 14.5. The van der Waals surface area contributed by atoms with Crippen LogP contribution in [0.2, 0.25) is 0 Å². The Balaban J connectivity index is 2.24. The van der Waals surface area contributed by atoms with Crippen LogP contribution in [0.4, 0.5) is 0 Å². The van der Waals surface area contributed by atoms with Crippen LogP contribution in [0.15, 0.2) is 40.8 Å². The maximum Gasteiger partial charge on any atom is 0.371 e. The Kier molecular flexibility index (Phi) is 4.20. The fraction of sp³-hybridized carbons (Fsp3) is 0.200. The van der Waals surface area contributed by atoms with Crippen molar-refractivity contribution in [1.82, 2.24) is 0 Å². The van der Waals surface area contributed by atoms with E-state index in [4.69, 9.17) is 14.3 Å². The summed E-state index contributed by atoms with van der Waals surface area (Å²) in [6.45, 7) is 2.28. The summed E-state index contributed by atoms with van der Waals surface area (Å²) >= 11 is 0. The van der Waals surface area contributed by atoms with E-state index in [9.17, 15) is 9.59 Å². The van der Waals surface area contributed by atoms with Gasteiger partial charge >= 0.3 is 11.9 Å². The average molecular weight is 274 g/mol. The lowest BCUT2D eigenvalue weighted by Gasteiger charge is -2.04. The minimum absolute atomic E-state index is 0.140. The molecule has 0 spiro atoms. The molecule has 0 fully saturated rings. The lowest BCUT2D eigenvalue weighted by Crippen LogP contribution is -2.05. The van der Waals surface area contributed by atoms with Crippen molar-refractivity contribution < 1.29 is 23.8 Å². The summed E-state index contributed by atoms with van der Waals surface area (Å²) < 4.78 is 10.2. The Morgan fingerprint density at radius 1 is 1.25 bits per heavy atom. The molecular weight excluding hydrogens is 260 g/mol. The molecule has 1 heterocycles. The van der Waals surface area contributed by atoms with E-state index in [0.717, 1.165) is 6.42 Å². The molecule has 0 amide bonds. The van der Waals surface area contributed by atoms with Gasteiger partial charge in [0.15, 0.2) is 0 Å². The first-order valence-electron chi connectivity index (χ1n) is 6.22. The number of carboxylic acid groups (broad SMARTS) is 1. The van der Waals surface area contributed by atoms with Crippen LogP contribution in [0.5, 0.6) is 0 Å². The maximum absolute atomic E-state index is 11.8. The molecular formula is C15H14O5. The molecule has 0 aliphatic carbocycles. The summed E-state index contributed by atoms with van der Waals surface area (Å²) in [7, 11) is 0. The minimum Gasteiger partial charge on any atom is -0.475 e. The van der Waals surface area contributed by atoms with Crippen LogP contribution in [0.1, 0.15) is 34.3 Å². The van der Waals surface area contributed by atoms with Gasteiger partial charge in [-0.1, -0.05) is 19.1 Å². The molecule has 0 atom stereocenters. The number of esters is 1. The van der Waals surface area contributed by atoms with Crippen molar-refractivity contribution in [2.75, 3.05) is 6.61 Å². The number of hydrogen-bond acceptors (Lipinski definition) is 4. The van der Waals surface area contributed by atoms with Crippen molar-refractivity contribution in [3.8, 4) is 11.3 Å². The van der Waals surface area contributed by atoms with Crippen LogP contribution < -0.4 is 0 Å². The lowest BCUT2D eigenvalue weighted by atomic mass is 10.1. The van der Waals surface area contributed by atoms with Crippen LogP contribution in [0, 0.1) is 0 Å². The van der Waals surface area contributed by atoms with Gasteiger partial charge in [0.05, 0.1) is 12.2 Å². The predicted octanol–water partition coefficient (Wildman–Crippen LogP) is 3.21. The summed E-state index contributed by atoms with van der Waals surface area (Å²) in [4.78, 5) is 22.5. The summed E-state index contributed by atoms with van der Waals surface area (Å²) in [6, 6.07) is 9.62. The van der Waals surface area contributed by atoms with E-state index in [1.807, 2.05) is 6.92 Å². The molecule has 0 saturated heterocycles. The number of aromatic carboxylic acids is 1. The van der Waals surface area contributed by atoms with Crippen molar-refractivity contribution in [3.05, 3.63) is 47.7 Å². The highest BCUT2D eigenvalue weighted by Crippen LogP contribution is 2.23. The van der Waals surface area contributed by atoms with Crippen LogP contribution in [-0.4, -0.2) is 23.7 Å². The van der Waals surface area contributed by atoms with Crippen molar-refractivity contribution in [2.45, 2.75) is 13.3 Å². The third kappa shape index (κ3) is 3.06. The molecule has 2 aromatic rings. The highest BCUT2D eigenvalue weighted by atomic mass is 16.5. The second-order valence-corrected chi connectivity index (χ2v) is 4.19. The second kappa shape index (κ2) is 6.06. The van der Waals surface area contributed by atoms with E-state index in [2.05, 4.69) is 0 Å². The number of carbonyl (C=O) groups is 2. The molecule has 0 bridgehead atoms. The van der Waals surface area contributed by atoms with Crippen LogP contribution in [0.3, 0.4) is 0 Å². The van der Waals surface area contributed by atoms with E-state index in [1.54, 1.807) is 30.3 Å². The van der Waals surface area contributed by atoms with E-state index >= 15 is 0 Å². The third-order valence-electron chi connectivity index (χ3n) is 2.64. The molecule has 0 radical (unpaired) electrons. The van der Waals surface area contributed by atoms with Gasteiger partial charge in [-0.15, -0.1) is 0 Å². The molecule has 1 aromatic heterocycles. The normalized spacial score (nSPS) is 10.2. The topological polar surface area (TPSA) is 76.7 Å². The largest absolute Gasteiger partial charge is 0.475 e. The van der Waals surface area contributed by atoms with Gasteiger partial charge in [0.1, 0.15) is 5.76 Å². The molecule has 104 valence electrons. The predicted molar refractivity (Wildman–Crippen MR) is 71.7 cm³/mol. The molecule has 1 aromatic carbocycles. The zero-order valence-corrected chi connectivity index (χ0v) is 11.0. The van der Waals surface area contributed by atoms with Gasteiger partial charge in [-0.3, -0.25) is 0 Å². The molecule has 0 aliphatic heterocycles. The molecule has 2 rings (SSSR count). The molecule has 1 N–H and O–H groups in total. The van der Waals surface area contributed by atoms with Crippen molar-refractivity contribution >= 4 is 11.9 Å². The first-order chi connectivity index (χ1) is 9.61. The van der Waals surface area contributed by atoms with E-state index in [1.165, 1.54) is 6.07 Å². The monoisotopic (exact) mass is 274 g/mol. The number of furan rings is 1. The Morgan fingerprint density at radius 2 is 2.05 bits per heavy atom. The Hall–Kier alpha value is -2.56. The Labute approximate surface area is 115 Å². The summed E-state index contributed by atoms with van der Waals surface area (Å²) in [5.41, 5.74) is 1.03. The van der Waals surface area contributed by atoms with Gasteiger partial charge in [-0.25, -0.2) is 9.59 Å². The van der Waals surface area contributed by atoms with E-state index in [0.29, 0.717) is 23.5 Å². The Bertz CT molecular complexity index is 627. The van der Waals surface area contributed by atoms with E-state index < -0.39 is 11.9 Å². The fourth-order valence-corrected chi connectivity index (χ4v) is 1.69. The van der Waals surface area contributed by atoms with Crippen molar-refractivity contribution in [2.24, 2.45) is 0 Å². The molecule has 0 aliphatic rings. The highest BCUT2D eigenvalue weighted by molar-refractivity contribution is 5.91. The van der Waals surface area contributed by atoms with Crippen LogP contribution in [-0.2, 0) is 4.74 Å². The molecule has 0 saturated carbocycles. The van der Waals surface area contributed by atoms with Crippen molar-refractivity contribution in [3.63, 3.8) is 0 Å². The minimum atomic E-state index is -1.13. The number of carboxylic acids is 1. The van der Waals surface area contributed by atoms with Gasteiger partial charge in [0.25, 0.3) is 0 Å². The van der Waals surface area contributed by atoms with Gasteiger partial charge in [-0.05, 0) is 30.7 Å². The smallest absolute Gasteiger partial charge is 0.371 e. The number of hydrogen-bond donors (Lipinski definition) is 1. The number of ether oxygens (including phenoxy) is 1. The molecule has 5 heteroatoms. The number of rotatable bonds is 5. The van der Waals surface area contributed by atoms with Gasteiger partial charge in [-0.2, -0.15) is 0 Å². The summed E-state index contributed by atoms with van der Waals surface area (Å²) in [6.07, 6.45) is 0.756. The van der Waals surface area contributed by atoms with E-state index in [-0.39, 0.29) is 5.76 Å². The highest BCUT2D eigenvalue weighted by Gasteiger charge is 2.12. The van der Waals surface area contributed by atoms with Gasteiger partial charge in [0.2, 0.25) is 5.76 Å². The molecule has 20 heavy (non-hydrogen) atoms. The average Bonchev–Trinajstić information content (AvgIpc) is 2.95. The SMILES string of the molecule is CCCOC(=O)c1cccc(-c2ccc(C(=O)O)o2)c1. The first kappa shape index (κ1) is 13.9. The standard InChI is InChI=1S/C15H14O5/c1-2-8-19-15(18)11-5-3-4-10(9-11)12-6-7-13(20-12)14(16)17/h3-7,9H,2,8H2,1H3,(H,16,17). The second-order valence-electron chi connectivity index (χ2n) is 4.19. The summed E-state index contributed by atoms with van der Waals surface area (Å²) in [5.74, 6) is -1.28. The first-order valence-corrected chi connectivity index (χ1v) is 6.22.